The molecule has 0 bridgehead atoms. The molecule has 1 aromatic carbocycles. The molecule has 1 heterocycles. The molecule has 2 N–H and O–H groups in total. The molecule has 0 aliphatic carbocycles. The molecule has 2 rings (SSSR count). The summed E-state index contributed by atoms with van der Waals surface area (Å²) in [5, 5.41) is 0. The summed E-state index contributed by atoms with van der Waals surface area (Å²) in [5.41, 5.74) is 6.83. The highest BCUT2D eigenvalue weighted by molar-refractivity contribution is 5.93. The van der Waals surface area contributed by atoms with E-state index >= 15 is 0 Å². The zero-order chi connectivity index (χ0) is 18.4. The van der Waals surface area contributed by atoms with Gasteiger partial charge in [-0.2, -0.15) is 0 Å². The highest BCUT2D eigenvalue weighted by Crippen LogP contribution is 2.17. The summed E-state index contributed by atoms with van der Waals surface area (Å²) in [6.45, 7) is 8.47. The topological polar surface area (TPSA) is 63.2 Å². The van der Waals surface area contributed by atoms with Gasteiger partial charge in [0.15, 0.2) is 0 Å². The molecule has 2 aromatic rings. The van der Waals surface area contributed by atoms with Crippen molar-refractivity contribution in [2.75, 3.05) is 0 Å². The molecule has 6 heteroatoms. The second-order valence-corrected chi connectivity index (χ2v) is 6.99. The van der Waals surface area contributed by atoms with E-state index in [9.17, 15) is 9.18 Å². The number of halogens is 1. The Bertz CT molecular complexity index is 711. The van der Waals surface area contributed by atoms with Gasteiger partial charge in [0.1, 0.15) is 12.4 Å². The summed E-state index contributed by atoms with van der Waals surface area (Å²) in [4.78, 5) is 16.2. The number of amides is 1. The molecule has 0 aliphatic heterocycles. The van der Waals surface area contributed by atoms with Crippen LogP contribution in [-0.2, 0) is 6.61 Å². The summed E-state index contributed by atoms with van der Waals surface area (Å²) in [6.07, 6.45) is 1.44. The summed E-state index contributed by atoms with van der Waals surface area (Å²) < 4.78 is 18.6. The smallest absolute Gasteiger partial charge is 0.266 e. The number of rotatable bonds is 6. The molecule has 0 unspecified atom stereocenters. The molecule has 1 aromatic heterocycles. The van der Waals surface area contributed by atoms with Crippen LogP contribution >= 0.6 is 0 Å². The Hall–Kier alpha value is -2.47. The van der Waals surface area contributed by atoms with Crippen molar-refractivity contribution in [3.8, 4) is 5.88 Å². The van der Waals surface area contributed by atoms with E-state index < -0.39 is 0 Å². The van der Waals surface area contributed by atoms with Crippen molar-refractivity contribution >= 4 is 5.91 Å². The van der Waals surface area contributed by atoms with Crippen molar-refractivity contribution in [1.82, 2.24) is 15.8 Å². The van der Waals surface area contributed by atoms with Gasteiger partial charge in [0, 0.05) is 18.3 Å². The maximum absolute atomic E-state index is 13.1. The predicted octanol–water partition coefficient (Wildman–Crippen LogP) is 3.47. The normalized spacial score (nSPS) is 12.5. The number of benzene rings is 1. The van der Waals surface area contributed by atoms with Crippen LogP contribution in [0.4, 0.5) is 4.39 Å². The third-order valence-electron chi connectivity index (χ3n) is 3.98. The van der Waals surface area contributed by atoms with Crippen LogP contribution in [0.5, 0.6) is 5.88 Å². The number of ether oxygens (including phenoxy) is 1. The number of carbonyl (C=O) groups is 1. The first-order chi connectivity index (χ1) is 11.8. The maximum atomic E-state index is 13.1. The van der Waals surface area contributed by atoms with E-state index in [4.69, 9.17) is 4.74 Å². The van der Waals surface area contributed by atoms with Gasteiger partial charge in [-0.1, -0.05) is 32.9 Å². The van der Waals surface area contributed by atoms with Crippen LogP contribution in [0.3, 0.4) is 0 Å². The maximum Gasteiger partial charge on any atom is 0.266 e. The lowest BCUT2D eigenvalue weighted by Gasteiger charge is -2.28. The van der Waals surface area contributed by atoms with Crippen LogP contribution in [0.25, 0.3) is 0 Å². The number of aromatic nitrogens is 1. The number of hydrazine groups is 1. The summed E-state index contributed by atoms with van der Waals surface area (Å²) in [7, 11) is 0. The molecule has 0 spiro atoms. The van der Waals surface area contributed by atoms with Crippen molar-refractivity contribution in [2.24, 2.45) is 5.41 Å². The third-order valence-corrected chi connectivity index (χ3v) is 3.98. The van der Waals surface area contributed by atoms with Gasteiger partial charge in [0.2, 0.25) is 5.88 Å². The van der Waals surface area contributed by atoms with Gasteiger partial charge in [0.05, 0.1) is 5.56 Å². The van der Waals surface area contributed by atoms with E-state index in [0.29, 0.717) is 17.0 Å². The monoisotopic (exact) mass is 345 g/mol. The molecule has 25 heavy (non-hydrogen) atoms. The van der Waals surface area contributed by atoms with Crippen molar-refractivity contribution < 1.29 is 13.9 Å². The second kappa shape index (κ2) is 8.07. The highest BCUT2D eigenvalue weighted by atomic mass is 19.1. The largest absolute Gasteiger partial charge is 0.473 e. The van der Waals surface area contributed by atoms with E-state index in [1.54, 1.807) is 24.3 Å². The fraction of sp³-hybridized carbons (Fsp3) is 0.368. The summed E-state index contributed by atoms with van der Waals surface area (Å²) in [5.74, 6) is -0.199. The quantitative estimate of drug-likeness (QED) is 0.787. The molecule has 0 radical (unpaired) electrons. The third kappa shape index (κ3) is 5.83. The Morgan fingerprint density at radius 3 is 2.64 bits per heavy atom. The number of nitrogens with zero attached hydrogens (tertiary/aromatic N) is 1. The minimum Gasteiger partial charge on any atom is -0.473 e. The average Bonchev–Trinajstić information content (AvgIpc) is 2.57. The fourth-order valence-electron chi connectivity index (χ4n) is 1.85. The molecule has 1 amide bonds. The molecular formula is C19H24FN3O2. The van der Waals surface area contributed by atoms with Crippen LogP contribution in [0.1, 0.15) is 43.6 Å². The van der Waals surface area contributed by atoms with Gasteiger partial charge in [-0.15, -0.1) is 0 Å². The van der Waals surface area contributed by atoms with Gasteiger partial charge in [-0.25, -0.2) is 14.8 Å². The van der Waals surface area contributed by atoms with Gasteiger partial charge >= 0.3 is 0 Å². The van der Waals surface area contributed by atoms with Crippen LogP contribution in [0.15, 0.2) is 42.6 Å². The Morgan fingerprint density at radius 1 is 1.28 bits per heavy atom. The van der Waals surface area contributed by atoms with Gasteiger partial charge < -0.3 is 4.74 Å². The molecule has 0 fully saturated rings. The number of hydrogen-bond donors (Lipinski definition) is 2. The fourth-order valence-corrected chi connectivity index (χ4v) is 1.85. The minimum atomic E-state index is -0.307. The summed E-state index contributed by atoms with van der Waals surface area (Å²) in [6, 6.07) is 9.54. The first kappa shape index (κ1) is 18.9. The number of pyridine rings is 1. The zero-order valence-electron chi connectivity index (χ0n) is 15.0. The number of carbonyl (C=O) groups excluding carboxylic acids is 1. The molecule has 0 saturated heterocycles. The van der Waals surface area contributed by atoms with Gasteiger partial charge in [-0.05, 0) is 36.1 Å². The van der Waals surface area contributed by atoms with Crippen molar-refractivity contribution in [3.63, 3.8) is 0 Å². The highest BCUT2D eigenvalue weighted by Gasteiger charge is 2.20. The van der Waals surface area contributed by atoms with E-state index in [1.807, 2.05) is 6.92 Å². The average molecular weight is 345 g/mol. The van der Waals surface area contributed by atoms with Crippen LogP contribution < -0.4 is 15.6 Å². The van der Waals surface area contributed by atoms with E-state index in [0.717, 1.165) is 0 Å². The van der Waals surface area contributed by atoms with Gasteiger partial charge in [0.25, 0.3) is 5.91 Å². The standard InChI is InChI=1S/C19H24FN3O2/c1-13(19(2,3)4)22-23-18(24)15-8-9-17(21-11-15)25-12-14-6-5-7-16(20)10-14/h5-11,13,22H,12H2,1-4H3,(H,23,24)/t13-/m1/s1. The zero-order valence-corrected chi connectivity index (χ0v) is 15.0. The molecular weight excluding hydrogens is 321 g/mol. The van der Waals surface area contributed by atoms with E-state index in [-0.39, 0.29) is 29.8 Å². The van der Waals surface area contributed by atoms with Crippen LogP contribution in [-0.4, -0.2) is 16.9 Å². The Labute approximate surface area is 147 Å². The van der Waals surface area contributed by atoms with Crippen molar-refractivity contribution in [1.29, 1.82) is 0 Å². The van der Waals surface area contributed by atoms with Gasteiger partial charge in [-0.3, -0.25) is 10.2 Å². The Balaban J connectivity index is 1.87. The predicted molar refractivity (Wildman–Crippen MR) is 94.5 cm³/mol. The lowest BCUT2D eigenvalue weighted by Crippen LogP contribution is -2.48. The van der Waals surface area contributed by atoms with E-state index in [2.05, 4.69) is 36.6 Å². The lowest BCUT2D eigenvalue weighted by atomic mass is 9.89. The molecule has 1 atom stereocenters. The molecule has 0 aliphatic rings. The van der Waals surface area contributed by atoms with Crippen molar-refractivity contribution in [3.05, 3.63) is 59.5 Å². The lowest BCUT2D eigenvalue weighted by molar-refractivity contribution is 0.0911. The van der Waals surface area contributed by atoms with E-state index in [1.165, 1.54) is 18.3 Å². The van der Waals surface area contributed by atoms with Crippen LogP contribution in [0.2, 0.25) is 0 Å². The summed E-state index contributed by atoms with van der Waals surface area (Å²) >= 11 is 0. The van der Waals surface area contributed by atoms with Crippen LogP contribution in [0, 0.1) is 11.2 Å². The first-order valence-corrected chi connectivity index (χ1v) is 8.15. The SMILES string of the molecule is C[C@@H](NNC(=O)c1ccc(OCc2cccc(F)c2)nc1)C(C)(C)C. The second-order valence-electron chi connectivity index (χ2n) is 6.99. The minimum absolute atomic E-state index is 0.0279. The molecule has 134 valence electrons. The Kier molecular flexibility index (Phi) is 6.09. The first-order valence-electron chi connectivity index (χ1n) is 8.15. The number of hydrogen-bond acceptors (Lipinski definition) is 4. The Morgan fingerprint density at radius 2 is 2.04 bits per heavy atom. The molecule has 0 saturated carbocycles. The number of nitrogens with one attached hydrogen (secondary N) is 2. The molecule has 5 nitrogen and oxygen atoms in total. The van der Waals surface area contributed by atoms with Crippen molar-refractivity contribution in [2.45, 2.75) is 40.3 Å².